The highest BCUT2D eigenvalue weighted by atomic mass is 32.2. The third-order valence-corrected chi connectivity index (χ3v) is 4.75. The summed E-state index contributed by atoms with van der Waals surface area (Å²) in [5.41, 5.74) is 0.257. The van der Waals surface area contributed by atoms with E-state index in [9.17, 15) is 0 Å². The molecule has 2 atom stereocenters. The molecule has 0 aliphatic carbocycles. The highest BCUT2D eigenvalue weighted by Crippen LogP contribution is 2.26. The first-order valence-electron chi connectivity index (χ1n) is 6.25. The first kappa shape index (κ1) is 12.2. The van der Waals surface area contributed by atoms with Gasteiger partial charge >= 0.3 is 0 Å². The minimum Gasteiger partial charge on any atom is -0.381 e. The number of nitrogens with one attached hydrogen (secondary N) is 1. The van der Waals surface area contributed by atoms with Crippen LogP contribution in [0.15, 0.2) is 4.99 Å². The maximum atomic E-state index is 5.46. The molecule has 2 rings (SSSR count). The van der Waals surface area contributed by atoms with Gasteiger partial charge in [-0.25, -0.2) is 0 Å². The molecule has 0 saturated carbocycles. The van der Waals surface area contributed by atoms with Crippen molar-refractivity contribution >= 4 is 16.9 Å². The van der Waals surface area contributed by atoms with Gasteiger partial charge in [0.1, 0.15) is 0 Å². The van der Waals surface area contributed by atoms with E-state index in [1.165, 1.54) is 12.8 Å². The third-order valence-electron chi connectivity index (χ3n) is 3.46. The third kappa shape index (κ3) is 3.14. The lowest BCUT2D eigenvalue weighted by Crippen LogP contribution is -2.39. The van der Waals surface area contributed by atoms with E-state index < -0.39 is 0 Å². The van der Waals surface area contributed by atoms with E-state index in [1.54, 1.807) is 0 Å². The lowest BCUT2D eigenvalue weighted by Gasteiger charge is -2.22. The number of hydrogen-bond donors (Lipinski definition) is 1. The van der Waals surface area contributed by atoms with Crippen molar-refractivity contribution in [3.63, 3.8) is 0 Å². The average molecular weight is 242 g/mol. The Morgan fingerprint density at radius 2 is 2.50 bits per heavy atom. The van der Waals surface area contributed by atoms with Crippen LogP contribution in [0.3, 0.4) is 0 Å². The maximum Gasteiger partial charge on any atom is 0.157 e. The molecule has 1 N–H and O–H groups in total. The molecular weight excluding hydrogens is 220 g/mol. The number of nitrogens with zero attached hydrogens (tertiary/aromatic N) is 1. The average Bonchev–Trinajstić information content (AvgIpc) is 2.71. The molecular formula is C12H22N2OS. The number of hydrogen-bond acceptors (Lipinski definition) is 3. The second-order valence-electron chi connectivity index (χ2n) is 5.06. The van der Waals surface area contributed by atoms with Crippen molar-refractivity contribution in [1.29, 1.82) is 0 Å². The van der Waals surface area contributed by atoms with Crippen LogP contribution >= 0.6 is 11.8 Å². The second kappa shape index (κ2) is 5.41. The quantitative estimate of drug-likeness (QED) is 0.824. The number of ether oxygens (including phenoxy) is 1. The maximum absolute atomic E-state index is 5.46. The van der Waals surface area contributed by atoms with Gasteiger partial charge in [0, 0.05) is 30.4 Å². The number of rotatable bonds is 3. The molecule has 2 aliphatic heterocycles. The molecule has 92 valence electrons. The van der Waals surface area contributed by atoms with Crippen molar-refractivity contribution in [2.45, 2.75) is 38.6 Å². The van der Waals surface area contributed by atoms with Crippen molar-refractivity contribution in [2.75, 3.05) is 25.5 Å². The van der Waals surface area contributed by atoms with Crippen LogP contribution in [0.1, 0.15) is 33.1 Å². The SMILES string of the molecule is CCC1(C)CSC(=NCC2CCCOC2)N1. The molecule has 0 aromatic rings. The lowest BCUT2D eigenvalue weighted by molar-refractivity contribution is 0.0582. The fourth-order valence-corrected chi connectivity index (χ4v) is 3.21. The van der Waals surface area contributed by atoms with Gasteiger partial charge in [-0.05, 0) is 26.2 Å². The van der Waals surface area contributed by atoms with Gasteiger partial charge in [0.2, 0.25) is 0 Å². The normalized spacial score (nSPS) is 37.6. The van der Waals surface area contributed by atoms with Crippen molar-refractivity contribution in [3.05, 3.63) is 0 Å². The highest BCUT2D eigenvalue weighted by Gasteiger charge is 2.30. The van der Waals surface area contributed by atoms with E-state index in [1.807, 2.05) is 11.8 Å². The summed E-state index contributed by atoms with van der Waals surface area (Å²) in [5.74, 6) is 1.78. The van der Waals surface area contributed by atoms with Crippen molar-refractivity contribution in [3.8, 4) is 0 Å². The van der Waals surface area contributed by atoms with Crippen LogP contribution in [0, 0.1) is 5.92 Å². The van der Waals surface area contributed by atoms with Crippen LogP contribution in [0.4, 0.5) is 0 Å². The first-order valence-corrected chi connectivity index (χ1v) is 7.23. The molecule has 16 heavy (non-hydrogen) atoms. The molecule has 2 heterocycles. The Kier molecular flexibility index (Phi) is 4.14. The van der Waals surface area contributed by atoms with Gasteiger partial charge in [-0.15, -0.1) is 0 Å². The van der Waals surface area contributed by atoms with Gasteiger partial charge < -0.3 is 10.1 Å². The van der Waals surface area contributed by atoms with E-state index in [0.717, 1.165) is 37.1 Å². The number of thioether (sulfide) groups is 1. The smallest absolute Gasteiger partial charge is 0.157 e. The molecule has 3 nitrogen and oxygen atoms in total. The van der Waals surface area contributed by atoms with Gasteiger partial charge in [-0.1, -0.05) is 18.7 Å². The minimum atomic E-state index is 0.257. The summed E-state index contributed by atoms with van der Waals surface area (Å²) in [5, 5.41) is 4.66. The molecule has 2 aliphatic rings. The summed E-state index contributed by atoms with van der Waals surface area (Å²) in [7, 11) is 0. The molecule has 0 spiro atoms. The fraction of sp³-hybridized carbons (Fsp3) is 0.917. The molecule has 0 amide bonds. The van der Waals surface area contributed by atoms with Gasteiger partial charge in [-0.2, -0.15) is 0 Å². The molecule has 2 fully saturated rings. The Balaban J connectivity index is 1.80. The minimum absolute atomic E-state index is 0.257. The number of aliphatic imine (C=N–C) groups is 1. The second-order valence-corrected chi connectivity index (χ2v) is 6.02. The largest absolute Gasteiger partial charge is 0.381 e. The van der Waals surface area contributed by atoms with Crippen LogP contribution < -0.4 is 5.32 Å². The predicted molar refractivity (Wildman–Crippen MR) is 70.1 cm³/mol. The van der Waals surface area contributed by atoms with Crippen LogP contribution in [-0.2, 0) is 4.74 Å². The summed E-state index contributed by atoms with van der Waals surface area (Å²) < 4.78 is 5.46. The molecule has 0 aromatic heterocycles. The molecule has 0 bridgehead atoms. The van der Waals surface area contributed by atoms with Gasteiger partial charge in [0.25, 0.3) is 0 Å². The van der Waals surface area contributed by atoms with Crippen LogP contribution in [-0.4, -0.2) is 36.2 Å². The molecule has 2 saturated heterocycles. The number of amidine groups is 1. The van der Waals surface area contributed by atoms with E-state index in [4.69, 9.17) is 4.74 Å². The van der Waals surface area contributed by atoms with E-state index in [-0.39, 0.29) is 5.54 Å². The van der Waals surface area contributed by atoms with Gasteiger partial charge in [0.15, 0.2) is 5.17 Å². The Labute approximate surface area is 102 Å². The van der Waals surface area contributed by atoms with E-state index in [2.05, 4.69) is 24.2 Å². The van der Waals surface area contributed by atoms with Crippen LogP contribution in [0.25, 0.3) is 0 Å². The summed E-state index contributed by atoms with van der Waals surface area (Å²) in [4.78, 5) is 4.68. The van der Waals surface area contributed by atoms with Crippen molar-refractivity contribution in [1.82, 2.24) is 5.32 Å². The standard InChI is InChI=1S/C12H22N2OS/c1-3-12(2)9-16-11(14-12)13-7-10-5-4-6-15-8-10/h10H,3-9H2,1-2H3,(H,13,14). The van der Waals surface area contributed by atoms with Crippen LogP contribution in [0.2, 0.25) is 0 Å². The van der Waals surface area contributed by atoms with Crippen molar-refractivity contribution < 1.29 is 4.74 Å². The summed E-state index contributed by atoms with van der Waals surface area (Å²) in [6.45, 7) is 7.26. The Morgan fingerprint density at radius 1 is 1.62 bits per heavy atom. The van der Waals surface area contributed by atoms with Gasteiger partial charge in [0.05, 0.1) is 6.61 Å². The zero-order valence-corrected chi connectivity index (χ0v) is 11.1. The van der Waals surface area contributed by atoms with E-state index >= 15 is 0 Å². The van der Waals surface area contributed by atoms with E-state index in [0.29, 0.717) is 5.92 Å². The molecule has 0 radical (unpaired) electrons. The summed E-state index contributed by atoms with van der Waals surface area (Å²) in [6.07, 6.45) is 3.63. The van der Waals surface area contributed by atoms with Gasteiger partial charge in [-0.3, -0.25) is 4.99 Å². The van der Waals surface area contributed by atoms with Crippen molar-refractivity contribution in [2.24, 2.45) is 10.9 Å². The summed E-state index contributed by atoms with van der Waals surface area (Å²) >= 11 is 1.86. The first-order chi connectivity index (χ1) is 7.72. The monoisotopic (exact) mass is 242 g/mol. The molecule has 2 unspecified atom stereocenters. The Morgan fingerprint density at radius 3 is 3.12 bits per heavy atom. The fourth-order valence-electron chi connectivity index (χ4n) is 2.00. The molecule has 4 heteroatoms. The lowest BCUT2D eigenvalue weighted by atomic mass is 10.0. The Bertz CT molecular complexity index is 264. The topological polar surface area (TPSA) is 33.6 Å². The zero-order valence-electron chi connectivity index (χ0n) is 10.3. The summed E-state index contributed by atoms with van der Waals surface area (Å²) in [6, 6.07) is 0. The molecule has 0 aromatic carbocycles. The zero-order chi connectivity index (χ0) is 11.4. The predicted octanol–water partition coefficient (Wildman–Crippen LogP) is 2.27. The van der Waals surface area contributed by atoms with Crippen LogP contribution in [0.5, 0.6) is 0 Å². The Hall–Kier alpha value is -0.220. The highest BCUT2D eigenvalue weighted by molar-refractivity contribution is 8.14.